The van der Waals surface area contributed by atoms with Gasteiger partial charge in [0.1, 0.15) is 0 Å². The number of carbonyl (C=O) groups is 2. The van der Waals surface area contributed by atoms with Crippen LogP contribution in [0.4, 0.5) is 0 Å². The number of aliphatic carboxylic acids is 1. The second-order valence-electron chi connectivity index (χ2n) is 7.57. The van der Waals surface area contributed by atoms with Crippen LogP contribution in [0.15, 0.2) is 12.2 Å². The Kier molecular flexibility index (Phi) is 20.3. The van der Waals surface area contributed by atoms with Gasteiger partial charge in [-0.2, -0.15) is 0 Å². The molecule has 0 unspecified atom stereocenters. The monoisotopic (exact) mass is 461 g/mol. The second-order valence-corrected chi connectivity index (χ2v) is 9.64. The maximum atomic E-state index is 11.9. The summed E-state index contributed by atoms with van der Waals surface area (Å²) >= 11 is 0.446. The molecule has 2 N–H and O–H groups in total. The first-order chi connectivity index (χ1) is 13.6. The van der Waals surface area contributed by atoms with Gasteiger partial charge in [-0.1, -0.05) is 51.2 Å². The van der Waals surface area contributed by atoms with Crippen molar-refractivity contribution in [3.05, 3.63) is 12.2 Å². The molecular weight excluding hydrogens is 417 g/mol. The fourth-order valence-electron chi connectivity index (χ4n) is 3.12. The van der Waals surface area contributed by atoms with Crippen molar-refractivity contribution >= 4 is 26.8 Å². The fraction of sp³-hybridized carbons (Fsp3) is 0.826. The molecule has 0 fully saturated rings. The van der Waals surface area contributed by atoms with Gasteiger partial charge in [0, 0.05) is 0 Å². The van der Waals surface area contributed by atoms with Crippen LogP contribution >= 0.6 is 0 Å². The first-order valence-electron chi connectivity index (χ1n) is 11.3. The van der Waals surface area contributed by atoms with Gasteiger partial charge in [-0.15, -0.1) is 0 Å². The van der Waals surface area contributed by atoms with E-state index >= 15 is 0 Å². The van der Waals surface area contributed by atoms with Crippen LogP contribution in [0.2, 0.25) is 11.1 Å². The Bertz CT molecular complexity index is 413. The molecule has 0 saturated carbocycles. The van der Waals surface area contributed by atoms with E-state index < -0.39 is 12.0 Å². The van der Waals surface area contributed by atoms with Gasteiger partial charge in [-0.05, 0) is 12.8 Å². The minimum atomic E-state index is -0.915. The van der Waals surface area contributed by atoms with Crippen LogP contribution in [0.5, 0.6) is 0 Å². The molecule has 0 aromatic rings. The topological polar surface area (TPSA) is 66.4 Å². The average Bonchev–Trinajstić information content (AvgIpc) is 2.67. The summed E-state index contributed by atoms with van der Waals surface area (Å²) in [7, 11) is 0. The van der Waals surface area contributed by atoms with Crippen LogP contribution in [0, 0.1) is 0 Å². The molecule has 5 heteroatoms. The third kappa shape index (κ3) is 18.6. The van der Waals surface area contributed by atoms with Gasteiger partial charge in [0.25, 0.3) is 0 Å². The van der Waals surface area contributed by atoms with Gasteiger partial charge < -0.3 is 0 Å². The number of amides is 1. The van der Waals surface area contributed by atoms with Crippen LogP contribution in [0.3, 0.4) is 0 Å². The van der Waals surface area contributed by atoms with E-state index in [1.165, 1.54) is 57.8 Å². The summed E-state index contributed by atoms with van der Waals surface area (Å²) in [5.41, 5.74) is 0. The summed E-state index contributed by atoms with van der Waals surface area (Å²) < 4.78 is 0. The number of hydrogen-bond acceptors (Lipinski definition) is 2. The van der Waals surface area contributed by atoms with Crippen molar-refractivity contribution in [1.29, 1.82) is 0 Å². The number of nitrogens with one attached hydrogen (secondary N) is 1. The van der Waals surface area contributed by atoms with Crippen molar-refractivity contribution in [3.8, 4) is 0 Å². The van der Waals surface area contributed by atoms with E-state index in [-0.39, 0.29) is 5.91 Å². The molecule has 164 valence electrons. The number of carboxylic acids is 1. The zero-order valence-corrected chi connectivity index (χ0v) is 19.9. The third-order valence-corrected chi connectivity index (χ3v) is 6.26. The zero-order chi connectivity index (χ0) is 20.9. The molecule has 0 saturated heterocycles. The summed E-state index contributed by atoms with van der Waals surface area (Å²) in [5.74, 6) is 1.05. The van der Waals surface area contributed by atoms with E-state index in [2.05, 4.69) is 30.2 Å². The molecule has 0 radical (unpaired) electrons. The third-order valence-electron chi connectivity index (χ3n) is 4.91. The van der Waals surface area contributed by atoms with Gasteiger partial charge in [0.05, 0.1) is 0 Å². The van der Waals surface area contributed by atoms with Gasteiger partial charge in [0.15, 0.2) is 0 Å². The van der Waals surface area contributed by atoms with Gasteiger partial charge in [0.2, 0.25) is 0 Å². The van der Waals surface area contributed by atoms with Crippen LogP contribution in [-0.4, -0.2) is 38.0 Å². The molecule has 0 spiro atoms. The summed E-state index contributed by atoms with van der Waals surface area (Å²) in [4.78, 5) is 23.0. The Hall–Kier alpha value is -0.801. The van der Waals surface area contributed by atoms with Crippen molar-refractivity contribution in [3.63, 3.8) is 0 Å². The molecule has 28 heavy (non-hydrogen) atoms. The van der Waals surface area contributed by atoms with Crippen molar-refractivity contribution in [1.82, 2.24) is 5.32 Å². The molecule has 0 bridgehead atoms. The zero-order valence-electron chi connectivity index (χ0n) is 18.2. The van der Waals surface area contributed by atoms with Gasteiger partial charge >= 0.3 is 115 Å². The number of allylic oxidation sites excluding steroid dienone is 2. The summed E-state index contributed by atoms with van der Waals surface area (Å²) in [6.07, 6.45) is 21.7. The summed E-state index contributed by atoms with van der Waals surface area (Å²) in [6.45, 7) is 2.26. The van der Waals surface area contributed by atoms with Crippen LogP contribution in [0.1, 0.15) is 103 Å². The first kappa shape index (κ1) is 27.2. The number of hydrogen-bond donors (Lipinski definition) is 2. The van der Waals surface area contributed by atoms with E-state index in [0.29, 0.717) is 27.8 Å². The van der Waals surface area contributed by atoms with Gasteiger partial charge in [-0.3, -0.25) is 0 Å². The van der Waals surface area contributed by atoms with Crippen LogP contribution in [0.25, 0.3) is 0 Å². The Morgan fingerprint density at radius 2 is 1.43 bits per heavy atom. The van der Waals surface area contributed by atoms with Crippen molar-refractivity contribution in [2.24, 2.45) is 0 Å². The SMILES string of the molecule is CCCCCCCC/C=C\CCCCCCCC(=O)N[C@@H](CC[Se]C)C(=O)O. The second kappa shape index (κ2) is 20.9. The molecule has 0 aliphatic heterocycles. The van der Waals surface area contributed by atoms with Gasteiger partial charge in [-0.25, -0.2) is 0 Å². The van der Waals surface area contributed by atoms with Crippen molar-refractivity contribution in [2.45, 2.75) is 120 Å². The summed E-state index contributed by atoms with van der Waals surface area (Å²) in [5, 5.41) is 12.7. The van der Waals surface area contributed by atoms with Crippen molar-refractivity contribution in [2.75, 3.05) is 0 Å². The molecule has 1 amide bonds. The molecule has 0 rings (SSSR count). The standard InChI is InChI=1S/C23H43NO3Se/c1-3-4-5-6-7-8-9-10-11-12-13-14-15-16-17-18-22(25)24-21(23(26)27)19-20-28-2/h10-11,21H,3-9,12-20H2,1-2H3,(H,24,25)(H,26,27)/b11-10-/t21-/m0/s1. The predicted octanol–water partition coefficient (Wildman–Crippen LogP) is 6.15. The molecule has 1 atom stereocenters. The minimum absolute atomic E-state index is 0.117. The van der Waals surface area contributed by atoms with Crippen LogP contribution in [-0.2, 0) is 9.59 Å². The van der Waals surface area contributed by atoms with E-state index in [9.17, 15) is 9.59 Å². The maximum absolute atomic E-state index is 11.9. The number of carbonyl (C=O) groups excluding carboxylic acids is 1. The Balaban J connectivity index is 3.47. The van der Waals surface area contributed by atoms with E-state index in [1.54, 1.807) is 0 Å². The van der Waals surface area contributed by atoms with Crippen LogP contribution < -0.4 is 5.32 Å². The van der Waals surface area contributed by atoms with E-state index in [4.69, 9.17) is 5.11 Å². The Morgan fingerprint density at radius 1 is 0.893 bits per heavy atom. The Morgan fingerprint density at radius 3 is 1.96 bits per heavy atom. The molecule has 0 aliphatic carbocycles. The average molecular weight is 461 g/mol. The number of carboxylic acid groups (broad SMARTS) is 1. The van der Waals surface area contributed by atoms with E-state index in [0.717, 1.165) is 31.0 Å². The normalized spacial score (nSPS) is 12.4. The molecule has 0 aromatic heterocycles. The van der Waals surface area contributed by atoms with Crippen molar-refractivity contribution < 1.29 is 14.7 Å². The Labute approximate surface area is 179 Å². The molecule has 4 nitrogen and oxygen atoms in total. The quantitative estimate of drug-likeness (QED) is 0.130. The fourth-order valence-corrected chi connectivity index (χ4v) is 4.10. The molecular formula is C23H43NO3Se. The van der Waals surface area contributed by atoms with E-state index in [1.807, 2.05) is 0 Å². The summed E-state index contributed by atoms with van der Waals surface area (Å²) in [6, 6.07) is -0.711. The number of rotatable bonds is 20. The number of unbranched alkanes of at least 4 members (excludes halogenated alkanes) is 11. The first-order valence-corrected chi connectivity index (χ1v) is 14.2. The molecule has 0 heterocycles. The molecule has 0 aromatic carbocycles. The predicted molar refractivity (Wildman–Crippen MR) is 120 cm³/mol. The molecule has 0 aliphatic rings.